The molecule has 1 amide bonds. The molecule has 0 bridgehead atoms. The van der Waals surface area contributed by atoms with Gasteiger partial charge in [0, 0.05) is 35.9 Å². The standard InChI is InChI=1S/C25H27N5O3/c1-5-30(6-2)23-15-22(26-16(3)27-23)28-18-10-12-19(13-11-18)29-25(31)21-14-17-8-7-9-20(32-4)24(17)33-21/h7-15H,5-6H2,1-4H3,(H,29,31)(H,26,27,28). The van der Waals surface area contributed by atoms with E-state index in [1.54, 1.807) is 19.2 Å². The molecule has 2 aromatic carbocycles. The number of furan rings is 1. The van der Waals surface area contributed by atoms with Crippen LogP contribution in [-0.2, 0) is 0 Å². The van der Waals surface area contributed by atoms with Gasteiger partial charge in [0.1, 0.15) is 17.5 Å². The number of ether oxygens (including phenoxy) is 1. The van der Waals surface area contributed by atoms with Crippen LogP contribution in [0.2, 0.25) is 0 Å². The van der Waals surface area contributed by atoms with Gasteiger partial charge < -0.3 is 24.7 Å². The number of aromatic nitrogens is 2. The van der Waals surface area contributed by atoms with E-state index in [2.05, 4.69) is 39.3 Å². The van der Waals surface area contributed by atoms with Crippen molar-refractivity contribution in [2.75, 3.05) is 35.7 Å². The van der Waals surface area contributed by atoms with Crippen molar-refractivity contribution < 1.29 is 13.9 Å². The first-order valence-electron chi connectivity index (χ1n) is 10.9. The van der Waals surface area contributed by atoms with Gasteiger partial charge in [-0.15, -0.1) is 0 Å². The number of hydrogen-bond donors (Lipinski definition) is 2. The topological polar surface area (TPSA) is 92.5 Å². The third kappa shape index (κ3) is 4.90. The van der Waals surface area contributed by atoms with Crippen LogP contribution < -0.4 is 20.3 Å². The zero-order chi connectivity index (χ0) is 23.4. The van der Waals surface area contributed by atoms with E-state index >= 15 is 0 Å². The molecule has 0 atom stereocenters. The van der Waals surface area contributed by atoms with E-state index in [1.807, 2.05) is 49.4 Å². The Morgan fingerprint density at radius 2 is 1.76 bits per heavy atom. The zero-order valence-electron chi connectivity index (χ0n) is 19.2. The number of carbonyl (C=O) groups excluding carboxylic acids is 1. The fourth-order valence-corrected chi connectivity index (χ4v) is 3.61. The Labute approximate surface area is 192 Å². The quantitative estimate of drug-likeness (QED) is 0.376. The molecule has 2 heterocycles. The van der Waals surface area contributed by atoms with Crippen LogP contribution in [0, 0.1) is 6.92 Å². The maximum atomic E-state index is 12.7. The summed E-state index contributed by atoms with van der Waals surface area (Å²) in [5.74, 6) is 2.79. The number of fused-ring (bicyclic) bond motifs is 1. The first-order valence-corrected chi connectivity index (χ1v) is 10.9. The number of nitrogens with zero attached hydrogens (tertiary/aromatic N) is 3. The van der Waals surface area contributed by atoms with Gasteiger partial charge >= 0.3 is 0 Å². The number of methoxy groups -OCH3 is 1. The Morgan fingerprint density at radius 3 is 2.45 bits per heavy atom. The molecule has 2 aromatic heterocycles. The molecule has 0 saturated heterocycles. The van der Waals surface area contributed by atoms with E-state index in [-0.39, 0.29) is 11.7 Å². The smallest absolute Gasteiger partial charge is 0.291 e. The number of benzene rings is 2. The average molecular weight is 446 g/mol. The van der Waals surface area contributed by atoms with E-state index in [1.165, 1.54) is 0 Å². The Balaban J connectivity index is 1.46. The fourth-order valence-electron chi connectivity index (χ4n) is 3.61. The molecule has 4 aromatic rings. The maximum Gasteiger partial charge on any atom is 0.291 e. The van der Waals surface area contributed by atoms with E-state index in [9.17, 15) is 4.79 Å². The summed E-state index contributed by atoms with van der Waals surface area (Å²) < 4.78 is 11.0. The molecule has 8 heteroatoms. The van der Waals surface area contributed by atoms with Gasteiger partial charge in [-0.05, 0) is 57.2 Å². The normalized spacial score (nSPS) is 10.8. The summed E-state index contributed by atoms with van der Waals surface area (Å²) in [5.41, 5.74) is 2.06. The summed E-state index contributed by atoms with van der Waals surface area (Å²) in [4.78, 5) is 23.9. The van der Waals surface area contributed by atoms with Crippen molar-refractivity contribution >= 4 is 39.9 Å². The molecular formula is C25H27N5O3. The van der Waals surface area contributed by atoms with Crippen LogP contribution in [0.4, 0.5) is 23.0 Å². The van der Waals surface area contributed by atoms with Gasteiger partial charge in [0.2, 0.25) is 0 Å². The molecule has 8 nitrogen and oxygen atoms in total. The molecule has 0 aliphatic carbocycles. The zero-order valence-corrected chi connectivity index (χ0v) is 19.2. The second-order valence-corrected chi connectivity index (χ2v) is 7.48. The van der Waals surface area contributed by atoms with Gasteiger partial charge in [-0.3, -0.25) is 4.79 Å². The first kappa shape index (κ1) is 22.1. The summed E-state index contributed by atoms with van der Waals surface area (Å²) in [6, 6.07) is 16.6. The molecule has 0 aliphatic heterocycles. The second kappa shape index (κ2) is 9.60. The molecular weight excluding hydrogens is 418 g/mol. The molecule has 4 rings (SSSR count). The highest BCUT2D eigenvalue weighted by atomic mass is 16.5. The van der Waals surface area contributed by atoms with Crippen LogP contribution in [0.15, 0.2) is 59.0 Å². The minimum atomic E-state index is -0.329. The van der Waals surface area contributed by atoms with Gasteiger partial charge in [0.15, 0.2) is 17.1 Å². The van der Waals surface area contributed by atoms with Gasteiger partial charge in [-0.1, -0.05) is 12.1 Å². The number of hydrogen-bond acceptors (Lipinski definition) is 7. The highest BCUT2D eigenvalue weighted by Crippen LogP contribution is 2.29. The van der Waals surface area contributed by atoms with Gasteiger partial charge in [-0.2, -0.15) is 0 Å². The van der Waals surface area contributed by atoms with Crippen molar-refractivity contribution in [3.8, 4) is 5.75 Å². The molecule has 33 heavy (non-hydrogen) atoms. The molecule has 0 fully saturated rings. The fraction of sp³-hybridized carbons (Fsp3) is 0.240. The number of amides is 1. The van der Waals surface area contributed by atoms with Crippen LogP contribution in [0.1, 0.15) is 30.2 Å². The number of anilines is 4. The largest absolute Gasteiger partial charge is 0.493 e. The van der Waals surface area contributed by atoms with E-state index in [4.69, 9.17) is 9.15 Å². The second-order valence-electron chi connectivity index (χ2n) is 7.48. The lowest BCUT2D eigenvalue weighted by atomic mass is 10.2. The molecule has 0 unspecified atom stereocenters. The maximum absolute atomic E-state index is 12.7. The van der Waals surface area contributed by atoms with Gasteiger partial charge in [0.05, 0.1) is 7.11 Å². The van der Waals surface area contributed by atoms with Crippen molar-refractivity contribution in [1.82, 2.24) is 9.97 Å². The SMILES string of the molecule is CCN(CC)c1cc(Nc2ccc(NC(=O)c3cc4cccc(OC)c4o3)cc2)nc(C)n1. The lowest BCUT2D eigenvalue weighted by molar-refractivity contribution is 0.0998. The minimum Gasteiger partial charge on any atom is -0.493 e. The van der Waals surface area contributed by atoms with E-state index in [0.29, 0.717) is 22.8 Å². The highest BCUT2D eigenvalue weighted by Gasteiger charge is 2.15. The molecule has 0 aliphatic rings. The van der Waals surface area contributed by atoms with Crippen molar-refractivity contribution in [2.45, 2.75) is 20.8 Å². The van der Waals surface area contributed by atoms with E-state index in [0.717, 1.165) is 35.8 Å². The Hall–Kier alpha value is -4.07. The molecule has 0 radical (unpaired) electrons. The van der Waals surface area contributed by atoms with E-state index < -0.39 is 0 Å². The number of rotatable bonds is 8. The van der Waals surface area contributed by atoms with Crippen molar-refractivity contribution in [2.24, 2.45) is 0 Å². The van der Waals surface area contributed by atoms with Crippen LogP contribution in [-0.4, -0.2) is 36.1 Å². The average Bonchev–Trinajstić information content (AvgIpc) is 3.26. The van der Waals surface area contributed by atoms with Crippen molar-refractivity contribution in [1.29, 1.82) is 0 Å². The molecule has 170 valence electrons. The number of para-hydroxylation sites is 1. The van der Waals surface area contributed by atoms with Crippen LogP contribution in [0.5, 0.6) is 5.75 Å². The number of carbonyl (C=O) groups is 1. The molecule has 2 N–H and O–H groups in total. The monoisotopic (exact) mass is 445 g/mol. The molecule has 0 spiro atoms. The summed E-state index contributed by atoms with van der Waals surface area (Å²) in [6.07, 6.45) is 0. The number of aryl methyl sites for hydroxylation is 1. The van der Waals surface area contributed by atoms with Crippen LogP contribution in [0.3, 0.4) is 0 Å². The lowest BCUT2D eigenvalue weighted by Crippen LogP contribution is -2.23. The summed E-state index contributed by atoms with van der Waals surface area (Å²) in [5, 5.41) is 6.98. The predicted octanol–water partition coefficient (Wildman–Crippen LogP) is 5.38. The minimum absolute atomic E-state index is 0.220. The molecule has 0 saturated carbocycles. The third-order valence-electron chi connectivity index (χ3n) is 5.28. The first-order chi connectivity index (χ1) is 16.0. The van der Waals surface area contributed by atoms with Gasteiger partial charge in [-0.25, -0.2) is 9.97 Å². The summed E-state index contributed by atoms with van der Waals surface area (Å²) >= 11 is 0. The summed E-state index contributed by atoms with van der Waals surface area (Å²) in [6.45, 7) is 7.83. The predicted molar refractivity (Wildman–Crippen MR) is 131 cm³/mol. The van der Waals surface area contributed by atoms with Crippen molar-refractivity contribution in [3.05, 3.63) is 66.2 Å². The number of nitrogens with one attached hydrogen (secondary N) is 2. The van der Waals surface area contributed by atoms with Gasteiger partial charge in [0.25, 0.3) is 5.91 Å². The lowest BCUT2D eigenvalue weighted by Gasteiger charge is -2.20. The Morgan fingerprint density at radius 1 is 1.03 bits per heavy atom. The van der Waals surface area contributed by atoms with Crippen LogP contribution in [0.25, 0.3) is 11.0 Å². The Kier molecular flexibility index (Phi) is 6.44. The highest BCUT2D eigenvalue weighted by molar-refractivity contribution is 6.05. The Bertz CT molecular complexity index is 1260. The summed E-state index contributed by atoms with van der Waals surface area (Å²) in [7, 11) is 1.57. The van der Waals surface area contributed by atoms with Crippen LogP contribution >= 0.6 is 0 Å². The van der Waals surface area contributed by atoms with Crippen molar-refractivity contribution in [3.63, 3.8) is 0 Å². The third-order valence-corrected chi connectivity index (χ3v) is 5.28.